The van der Waals surface area contributed by atoms with E-state index in [0.29, 0.717) is 0 Å². The summed E-state index contributed by atoms with van der Waals surface area (Å²) in [5.74, 6) is 0.824. The highest BCUT2D eigenvalue weighted by Gasteiger charge is 2.20. The van der Waals surface area contributed by atoms with Crippen molar-refractivity contribution in [3.8, 4) is 0 Å². The lowest BCUT2D eigenvalue weighted by atomic mass is 9.97. The van der Waals surface area contributed by atoms with E-state index >= 15 is 0 Å². The van der Waals surface area contributed by atoms with Gasteiger partial charge in [0.25, 0.3) is 0 Å². The van der Waals surface area contributed by atoms with Crippen LogP contribution in [0.15, 0.2) is 6.33 Å². The molecule has 1 aromatic rings. The molecule has 1 aliphatic heterocycles. The number of nitrogens with zero attached hydrogens (tertiary/aromatic N) is 2. The summed E-state index contributed by atoms with van der Waals surface area (Å²) in [6.45, 7) is 4.48. The summed E-state index contributed by atoms with van der Waals surface area (Å²) in [5.41, 5.74) is 2.78. The molecule has 1 fully saturated rings. The predicted molar refractivity (Wildman–Crippen MR) is 68.8 cm³/mol. The largest absolute Gasteiger partial charge is 0.334 e. The van der Waals surface area contributed by atoms with Gasteiger partial charge in [-0.15, -0.1) is 0 Å². The molecule has 17 heavy (non-hydrogen) atoms. The molecule has 3 rings (SSSR count). The van der Waals surface area contributed by atoms with Crippen molar-refractivity contribution in [2.75, 3.05) is 0 Å². The lowest BCUT2D eigenvalue weighted by Crippen LogP contribution is -2.27. The summed E-state index contributed by atoms with van der Waals surface area (Å²) >= 11 is 0. The zero-order valence-electron chi connectivity index (χ0n) is 10.8. The first-order valence-electron chi connectivity index (χ1n) is 7.09. The Morgan fingerprint density at radius 2 is 2.18 bits per heavy atom. The Bertz CT molecular complexity index is 377. The number of hydrogen-bond acceptors (Lipinski definition) is 2. The smallest absolute Gasteiger partial charge is 0.0952 e. The summed E-state index contributed by atoms with van der Waals surface area (Å²) in [6.07, 6.45) is 10.1. The Morgan fingerprint density at radius 3 is 3.00 bits per heavy atom. The minimum absolute atomic E-state index is 0.744. The highest BCUT2D eigenvalue weighted by atomic mass is 15.1. The monoisotopic (exact) mass is 233 g/mol. The van der Waals surface area contributed by atoms with Crippen LogP contribution in [0.3, 0.4) is 0 Å². The quantitative estimate of drug-likeness (QED) is 0.869. The van der Waals surface area contributed by atoms with Crippen molar-refractivity contribution in [2.24, 2.45) is 5.92 Å². The average Bonchev–Trinajstić information content (AvgIpc) is 2.94. The Balaban J connectivity index is 1.64. The Kier molecular flexibility index (Phi) is 3.19. The molecule has 3 nitrogen and oxygen atoms in total. The molecule has 3 heteroatoms. The van der Waals surface area contributed by atoms with Gasteiger partial charge in [0.1, 0.15) is 0 Å². The summed E-state index contributed by atoms with van der Waals surface area (Å²) in [4.78, 5) is 4.59. The van der Waals surface area contributed by atoms with Crippen molar-refractivity contribution in [2.45, 2.75) is 64.6 Å². The van der Waals surface area contributed by atoms with Crippen molar-refractivity contribution in [3.05, 3.63) is 17.7 Å². The molecule has 0 saturated heterocycles. The van der Waals surface area contributed by atoms with Gasteiger partial charge in [-0.2, -0.15) is 0 Å². The van der Waals surface area contributed by atoms with Gasteiger partial charge in [0, 0.05) is 24.8 Å². The molecule has 1 saturated carbocycles. The van der Waals surface area contributed by atoms with Gasteiger partial charge in [-0.25, -0.2) is 4.98 Å². The molecular formula is C14H23N3. The van der Waals surface area contributed by atoms with Gasteiger partial charge in [-0.05, 0) is 31.6 Å². The maximum atomic E-state index is 4.59. The number of hydrogen-bond donors (Lipinski definition) is 1. The van der Waals surface area contributed by atoms with Crippen LogP contribution in [0.25, 0.3) is 0 Å². The van der Waals surface area contributed by atoms with Gasteiger partial charge < -0.3 is 9.88 Å². The zero-order valence-corrected chi connectivity index (χ0v) is 10.8. The summed E-state index contributed by atoms with van der Waals surface area (Å²) in [6, 6.07) is 0.744. The molecule has 94 valence electrons. The second kappa shape index (κ2) is 4.81. The molecule has 1 aromatic heterocycles. The van der Waals surface area contributed by atoms with Gasteiger partial charge in [-0.1, -0.05) is 19.8 Å². The maximum absolute atomic E-state index is 4.59. The van der Waals surface area contributed by atoms with E-state index in [9.17, 15) is 0 Å². The summed E-state index contributed by atoms with van der Waals surface area (Å²) in [5, 5.41) is 3.67. The summed E-state index contributed by atoms with van der Waals surface area (Å²) < 4.78 is 2.35. The number of nitrogens with one attached hydrogen (secondary N) is 1. The Hall–Kier alpha value is -0.830. The minimum atomic E-state index is 0.744. The van der Waals surface area contributed by atoms with Crippen LogP contribution < -0.4 is 5.32 Å². The van der Waals surface area contributed by atoms with Crippen molar-refractivity contribution in [3.63, 3.8) is 0 Å². The first-order valence-corrected chi connectivity index (χ1v) is 7.09. The first-order chi connectivity index (χ1) is 8.33. The van der Waals surface area contributed by atoms with Gasteiger partial charge >= 0.3 is 0 Å². The lowest BCUT2D eigenvalue weighted by Gasteiger charge is -2.21. The third-order valence-corrected chi connectivity index (χ3v) is 4.35. The predicted octanol–water partition coefficient (Wildman–Crippen LogP) is 2.50. The molecule has 0 radical (unpaired) electrons. The standard InChI is InChI=1S/C14H23N3/c1-11-6-7-17-10-16-13(14(17)8-11)9-15-12-4-2-3-5-12/h10-12,15H,2-9H2,1H3. The second-order valence-corrected chi connectivity index (χ2v) is 5.79. The molecular weight excluding hydrogens is 210 g/mol. The van der Waals surface area contributed by atoms with E-state index in [-0.39, 0.29) is 0 Å². The van der Waals surface area contributed by atoms with Crippen LogP contribution in [0, 0.1) is 5.92 Å². The molecule has 0 amide bonds. The highest BCUT2D eigenvalue weighted by molar-refractivity contribution is 5.15. The molecule has 0 bridgehead atoms. The molecule has 1 atom stereocenters. The van der Waals surface area contributed by atoms with Crippen LogP contribution in [-0.2, 0) is 19.5 Å². The number of fused-ring (bicyclic) bond motifs is 1. The Morgan fingerprint density at radius 1 is 1.35 bits per heavy atom. The van der Waals surface area contributed by atoms with E-state index in [1.54, 1.807) is 0 Å². The van der Waals surface area contributed by atoms with E-state index in [1.807, 2.05) is 6.33 Å². The van der Waals surface area contributed by atoms with Crippen molar-refractivity contribution < 1.29 is 0 Å². The molecule has 2 aliphatic rings. The van der Waals surface area contributed by atoms with Gasteiger partial charge in [0.05, 0.1) is 12.0 Å². The minimum Gasteiger partial charge on any atom is -0.334 e. The van der Waals surface area contributed by atoms with Crippen molar-refractivity contribution >= 4 is 0 Å². The molecule has 0 aromatic carbocycles. The average molecular weight is 233 g/mol. The van der Waals surface area contributed by atoms with E-state index in [0.717, 1.165) is 25.0 Å². The second-order valence-electron chi connectivity index (χ2n) is 5.79. The fourth-order valence-electron chi connectivity index (χ4n) is 3.19. The molecule has 1 aliphatic carbocycles. The normalized spacial score (nSPS) is 25.1. The number of rotatable bonds is 3. The maximum Gasteiger partial charge on any atom is 0.0952 e. The van der Waals surface area contributed by atoms with Gasteiger partial charge in [0.15, 0.2) is 0 Å². The fraction of sp³-hybridized carbons (Fsp3) is 0.786. The number of aryl methyl sites for hydroxylation is 1. The van der Waals surface area contributed by atoms with Crippen LogP contribution in [-0.4, -0.2) is 15.6 Å². The zero-order chi connectivity index (χ0) is 11.7. The van der Waals surface area contributed by atoms with Gasteiger partial charge in [0.2, 0.25) is 0 Å². The van der Waals surface area contributed by atoms with Crippen molar-refractivity contribution in [1.29, 1.82) is 0 Å². The van der Waals surface area contributed by atoms with Crippen LogP contribution in [0.4, 0.5) is 0 Å². The first kappa shape index (κ1) is 11.3. The summed E-state index contributed by atoms with van der Waals surface area (Å²) in [7, 11) is 0. The van der Waals surface area contributed by atoms with Crippen LogP contribution in [0.2, 0.25) is 0 Å². The van der Waals surface area contributed by atoms with E-state index < -0.39 is 0 Å². The van der Waals surface area contributed by atoms with Crippen LogP contribution in [0.1, 0.15) is 50.4 Å². The third-order valence-electron chi connectivity index (χ3n) is 4.35. The number of imidazole rings is 1. The molecule has 2 heterocycles. The van der Waals surface area contributed by atoms with E-state index in [2.05, 4.69) is 21.8 Å². The van der Waals surface area contributed by atoms with Crippen molar-refractivity contribution in [1.82, 2.24) is 14.9 Å². The van der Waals surface area contributed by atoms with Crippen LogP contribution in [0.5, 0.6) is 0 Å². The van der Waals surface area contributed by atoms with E-state index in [4.69, 9.17) is 0 Å². The Labute approximate surface area is 104 Å². The number of aromatic nitrogens is 2. The molecule has 0 spiro atoms. The molecule has 1 N–H and O–H groups in total. The van der Waals surface area contributed by atoms with Crippen LogP contribution >= 0.6 is 0 Å². The highest BCUT2D eigenvalue weighted by Crippen LogP contribution is 2.23. The van der Waals surface area contributed by atoms with E-state index in [1.165, 1.54) is 49.9 Å². The lowest BCUT2D eigenvalue weighted by molar-refractivity contribution is 0.412. The van der Waals surface area contributed by atoms with Gasteiger partial charge in [-0.3, -0.25) is 0 Å². The SMILES string of the molecule is CC1CCn2cnc(CNC3CCCC3)c2C1. The topological polar surface area (TPSA) is 29.9 Å². The third kappa shape index (κ3) is 2.39. The fourth-order valence-corrected chi connectivity index (χ4v) is 3.19. The molecule has 1 unspecified atom stereocenters.